The van der Waals surface area contributed by atoms with E-state index >= 15 is 0 Å². The molecule has 0 bridgehead atoms. The molecular weight excluding hydrogens is 248 g/mol. The van der Waals surface area contributed by atoms with Gasteiger partial charge in [-0.05, 0) is 62.4 Å². The number of aryl methyl sites for hydroxylation is 2. The third-order valence-corrected chi connectivity index (χ3v) is 4.74. The second kappa shape index (κ2) is 6.40. The Labute approximate surface area is 122 Å². The molecule has 0 radical (unpaired) electrons. The monoisotopic (exact) mass is 274 g/mol. The first-order valence-corrected chi connectivity index (χ1v) is 7.59. The van der Waals surface area contributed by atoms with E-state index in [-0.39, 0.29) is 5.91 Å². The molecule has 110 valence electrons. The third-order valence-electron chi connectivity index (χ3n) is 4.74. The highest BCUT2D eigenvalue weighted by Crippen LogP contribution is 2.28. The fourth-order valence-corrected chi connectivity index (χ4v) is 3.20. The minimum absolute atomic E-state index is 0.124. The number of nitrogens with two attached hydrogens (primary N) is 1. The third kappa shape index (κ3) is 3.04. The Balaban J connectivity index is 2.16. The van der Waals surface area contributed by atoms with Gasteiger partial charge in [0, 0.05) is 18.7 Å². The van der Waals surface area contributed by atoms with Gasteiger partial charge in [-0.1, -0.05) is 18.9 Å². The Morgan fingerprint density at radius 2 is 1.95 bits per heavy atom. The Morgan fingerprint density at radius 3 is 2.60 bits per heavy atom. The number of benzene rings is 1. The normalized spacial score (nSPS) is 22.6. The number of nitrogens with zero attached hydrogens (tertiary/aromatic N) is 1. The largest absolute Gasteiger partial charge is 0.338 e. The van der Waals surface area contributed by atoms with Crippen LogP contribution >= 0.6 is 0 Å². The maximum atomic E-state index is 12.7. The average molecular weight is 274 g/mol. The van der Waals surface area contributed by atoms with Crippen LogP contribution in [0.4, 0.5) is 0 Å². The first-order chi connectivity index (χ1) is 9.54. The predicted octanol–water partition coefficient (Wildman–Crippen LogP) is 2.89. The molecule has 20 heavy (non-hydrogen) atoms. The summed E-state index contributed by atoms with van der Waals surface area (Å²) < 4.78 is 0. The Hall–Kier alpha value is -1.35. The summed E-state index contributed by atoms with van der Waals surface area (Å²) in [5.74, 6) is 0.572. The van der Waals surface area contributed by atoms with Crippen LogP contribution in [0.25, 0.3) is 0 Å². The SMILES string of the molecule is Cc1ccc(C(=O)N(C)C2CCCCC2CN)cc1C. The Bertz CT molecular complexity index is 484. The van der Waals surface area contributed by atoms with E-state index in [1.807, 2.05) is 30.1 Å². The molecule has 1 saturated carbocycles. The van der Waals surface area contributed by atoms with E-state index in [1.54, 1.807) is 0 Å². The van der Waals surface area contributed by atoms with Crippen LogP contribution in [0.2, 0.25) is 0 Å². The number of hydrogen-bond donors (Lipinski definition) is 1. The zero-order valence-electron chi connectivity index (χ0n) is 12.9. The lowest BCUT2D eigenvalue weighted by Crippen LogP contribution is -2.45. The smallest absolute Gasteiger partial charge is 0.253 e. The zero-order valence-corrected chi connectivity index (χ0v) is 12.9. The van der Waals surface area contributed by atoms with Crippen LogP contribution in [0.15, 0.2) is 18.2 Å². The summed E-state index contributed by atoms with van der Waals surface area (Å²) in [4.78, 5) is 14.6. The van der Waals surface area contributed by atoms with E-state index in [0.717, 1.165) is 18.4 Å². The molecule has 3 nitrogen and oxygen atoms in total. The number of hydrogen-bond acceptors (Lipinski definition) is 2. The molecule has 1 aromatic rings. The van der Waals surface area contributed by atoms with Gasteiger partial charge in [0.1, 0.15) is 0 Å². The first kappa shape index (κ1) is 15.0. The molecule has 0 spiro atoms. The van der Waals surface area contributed by atoms with E-state index in [9.17, 15) is 4.79 Å². The van der Waals surface area contributed by atoms with E-state index in [1.165, 1.54) is 24.0 Å². The first-order valence-electron chi connectivity index (χ1n) is 7.59. The van der Waals surface area contributed by atoms with Crippen LogP contribution in [-0.4, -0.2) is 30.4 Å². The minimum Gasteiger partial charge on any atom is -0.338 e. The summed E-state index contributed by atoms with van der Waals surface area (Å²) in [5, 5.41) is 0. The van der Waals surface area contributed by atoms with Crippen molar-refractivity contribution in [1.82, 2.24) is 4.90 Å². The van der Waals surface area contributed by atoms with Crippen molar-refractivity contribution in [2.75, 3.05) is 13.6 Å². The van der Waals surface area contributed by atoms with Crippen molar-refractivity contribution in [3.63, 3.8) is 0 Å². The van der Waals surface area contributed by atoms with Crippen molar-refractivity contribution < 1.29 is 4.79 Å². The van der Waals surface area contributed by atoms with Gasteiger partial charge in [-0.2, -0.15) is 0 Å². The van der Waals surface area contributed by atoms with Crippen LogP contribution in [0.5, 0.6) is 0 Å². The topological polar surface area (TPSA) is 46.3 Å². The highest BCUT2D eigenvalue weighted by molar-refractivity contribution is 5.94. The Morgan fingerprint density at radius 1 is 1.25 bits per heavy atom. The molecule has 1 amide bonds. The fraction of sp³-hybridized carbons (Fsp3) is 0.588. The number of amides is 1. The van der Waals surface area contributed by atoms with Gasteiger partial charge in [0.05, 0.1) is 0 Å². The molecule has 1 aliphatic carbocycles. The molecule has 0 heterocycles. The van der Waals surface area contributed by atoms with Gasteiger partial charge in [-0.25, -0.2) is 0 Å². The van der Waals surface area contributed by atoms with Gasteiger partial charge in [-0.15, -0.1) is 0 Å². The highest BCUT2D eigenvalue weighted by atomic mass is 16.2. The molecule has 2 rings (SSSR count). The van der Waals surface area contributed by atoms with Crippen LogP contribution < -0.4 is 5.73 Å². The quantitative estimate of drug-likeness (QED) is 0.921. The van der Waals surface area contributed by atoms with Crippen LogP contribution in [0.1, 0.15) is 47.2 Å². The predicted molar refractivity (Wildman–Crippen MR) is 82.8 cm³/mol. The second-order valence-corrected chi connectivity index (χ2v) is 6.06. The van der Waals surface area contributed by atoms with Crippen molar-refractivity contribution in [2.24, 2.45) is 11.7 Å². The van der Waals surface area contributed by atoms with Crippen molar-refractivity contribution in [2.45, 2.75) is 45.6 Å². The molecule has 0 saturated heterocycles. The van der Waals surface area contributed by atoms with Gasteiger partial charge >= 0.3 is 0 Å². The summed E-state index contributed by atoms with van der Waals surface area (Å²) >= 11 is 0. The van der Waals surface area contributed by atoms with Gasteiger partial charge < -0.3 is 10.6 Å². The van der Waals surface area contributed by atoms with Crippen molar-refractivity contribution in [3.05, 3.63) is 34.9 Å². The van der Waals surface area contributed by atoms with E-state index in [4.69, 9.17) is 5.73 Å². The lowest BCUT2D eigenvalue weighted by Gasteiger charge is -2.37. The van der Waals surface area contributed by atoms with Crippen molar-refractivity contribution in [1.29, 1.82) is 0 Å². The van der Waals surface area contributed by atoms with Crippen molar-refractivity contribution in [3.8, 4) is 0 Å². The summed E-state index contributed by atoms with van der Waals surface area (Å²) in [6.45, 7) is 4.80. The fourth-order valence-electron chi connectivity index (χ4n) is 3.20. The zero-order chi connectivity index (χ0) is 14.7. The molecule has 1 aliphatic rings. The lowest BCUT2D eigenvalue weighted by atomic mass is 9.83. The number of rotatable bonds is 3. The van der Waals surface area contributed by atoms with Gasteiger partial charge in [0.2, 0.25) is 0 Å². The molecule has 0 aromatic heterocycles. The number of carbonyl (C=O) groups is 1. The maximum absolute atomic E-state index is 12.7. The molecule has 3 heteroatoms. The molecule has 1 aromatic carbocycles. The molecule has 0 aliphatic heterocycles. The second-order valence-electron chi connectivity index (χ2n) is 6.06. The number of carbonyl (C=O) groups excluding carboxylic acids is 1. The molecule has 2 N–H and O–H groups in total. The highest BCUT2D eigenvalue weighted by Gasteiger charge is 2.30. The molecular formula is C17H26N2O. The van der Waals surface area contributed by atoms with Crippen LogP contribution in [0.3, 0.4) is 0 Å². The molecule has 2 unspecified atom stereocenters. The summed E-state index contributed by atoms with van der Waals surface area (Å²) in [6, 6.07) is 6.25. The summed E-state index contributed by atoms with van der Waals surface area (Å²) in [5.41, 5.74) is 9.06. The van der Waals surface area contributed by atoms with E-state index in [0.29, 0.717) is 18.5 Å². The lowest BCUT2D eigenvalue weighted by molar-refractivity contribution is 0.0620. The standard InChI is InChI=1S/C17H26N2O/c1-12-8-9-14(10-13(12)2)17(20)19(3)16-7-5-4-6-15(16)11-18/h8-10,15-16H,4-7,11,18H2,1-3H3. The van der Waals surface area contributed by atoms with E-state index in [2.05, 4.69) is 13.8 Å². The minimum atomic E-state index is 0.124. The van der Waals surface area contributed by atoms with E-state index < -0.39 is 0 Å². The summed E-state index contributed by atoms with van der Waals surface area (Å²) in [7, 11) is 1.93. The van der Waals surface area contributed by atoms with Gasteiger partial charge in [0.25, 0.3) is 5.91 Å². The molecule has 2 atom stereocenters. The van der Waals surface area contributed by atoms with Crippen molar-refractivity contribution >= 4 is 5.91 Å². The maximum Gasteiger partial charge on any atom is 0.253 e. The van der Waals surface area contributed by atoms with Crippen LogP contribution in [-0.2, 0) is 0 Å². The Kier molecular flexibility index (Phi) is 4.81. The van der Waals surface area contributed by atoms with Gasteiger partial charge in [0.15, 0.2) is 0 Å². The summed E-state index contributed by atoms with van der Waals surface area (Å²) in [6.07, 6.45) is 4.66. The molecule has 1 fully saturated rings. The van der Waals surface area contributed by atoms with Crippen LogP contribution in [0, 0.1) is 19.8 Å². The average Bonchev–Trinajstić information content (AvgIpc) is 2.48. The van der Waals surface area contributed by atoms with Gasteiger partial charge in [-0.3, -0.25) is 4.79 Å².